The van der Waals surface area contributed by atoms with E-state index in [4.69, 9.17) is 4.74 Å². The first-order valence-corrected chi connectivity index (χ1v) is 8.08. The van der Waals surface area contributed by atoms with E-state index in [9.17, 15) is 9.59 Å². The molecule has 1 aromatic rings. The van der Waals surface area contributed by atoms with Gasteiger partial charge in [-0.25, -0.2) is 0 Å². The van der Waals surface area contributed by atoms with Gasteiger partial charge in [-0.15, -0.1) is 0 Å². The summed E-state index contributed by atoms with van der Waals surface area (Å²) in [6.45, 7) is 8.58. The second-order valence-electron chi connectivity index (χ2n) is 7.10. The zero-order chi connectivity index (χ0) is 16.9. The van der Waals surface area contributed by atoms with Crippen LogP contribution in [-0.2, 0) is 9.59 Å². The zero-order valence-corrected chi connectivity index (χ0v) is 14.2. The molecule has 0 spiro atoms. The molecule has 1 aromatic carbocycles. The predicted octanol–water partition coefficient (Wildman–Crippen LogP) is 2.17. The molecule has 1 aliphatic rings. The Bertz CT molecular complexity index is 529. The highest BCUT2D eigenvalue weighted by molar-refractivity contribution is 5.79. The molecule has 1 fully saturated rings. The Hall–Kier alpha value is -2.04. The molecule has 0 atom stereocenters. The minimum atomic E-state index is -0.0308. The van der Waals surface area contributed by atoms with Gasteiger partial charge in [0.1, 0.15) is 5.75 Å². The van der Waals surface area contributed by atoms with E-state index in [1.54, 1.807) is 4.90 Å². The van der Waals surface area contributed by atoms with Crippen molar-refractivity contribution in [3.8, 4) is 5.75 Å². The van der Waals surface area contributed by atoms with Gasteiger partial charge < -0.3 is 14.5 Å². The zero-order valence-electron chi connectivity index (χ0n) is 14.2. The average molecular weight is 318 g/mol. The summed E-state index contributed by atoms with van der Waals surface area (Å²) < 4.78 is 5.49. The van der Waals surface area contributed by atoms with Gasteiger partial charge in [0.2, 0.25) is 5.91 Å². The summed E-state index contributed by atoms with van der Waals surface area (Å²) in [7, 11) is 0. The van der Waals surface area contributed by atoms with Crippen LogP contribution in [-0.4, -0.2) is 54.4 Å². The summed E-state index contributed by atoms with van der Waals surface area (Å²) >= 11 is 0. The molecule has 1 saturated heterocycles. The molecule has 2 amide bonds. The van der Waals surface area contributed by atoms with Gasteiger partial charge in [0.05, 0.1) is 0 Å². The highest BCUT2D eigenvalue weighted by atomic mass is 16.5. The number of hydrogen-bond acceptors (Lipinski definition) is 3. The molecular weight excluding hydrogens is 292 g/mol. The number of para-hydroxylation sites is 1. The summed E-state index contributed by atoms with van der Waals surface area (Å²) in [5.41, 5.74) is -0.00639. The van der Waals surface area contributed by atoms with Gasteiger partial charge >= 0.3 is 0 Å². The van der Waals surface area contributed by atoms with Crippen molar-refractivity contribution in [1.29, 1.82) is 0 Å². The molecule has 0 bridgehead atoms. The number of carbonyl (C=O) groups excluding carboxylic acids is 2. The van der Waals surface area contributed by atoms with Crippen molar-refractivity contribution in [3.05, 3.63) is 30.3 Å². The first kappa shape index (κ1) is 17.3. The predicted molar refractivity (Wildman–Crippen MR) is 89.2 cm³/mol. The summed E-state index contributed by atoms with van der Waals surface area (Å²) in [6.07, 6.45) is 0.540. The van der Waals surface area contributed by atoms with E-state index in [0.29, 0.717) is 38.3 Å². The number of benzene rings is 1. The molecule has 5 heteroatoms. The number of ether oxygens (including phenoxy) is 1. The third-order valence-electron chi connectivity index (χ3n) is 3.77. The molecule has 1 aliphatic heterocycles. The molecule has 0 unspecified atom stereocenters. The van der Waals surface area contributed by atoms with E-state index in [1.807, 2.05) is 35.2 Å². The fourth-order valence-corrected chi connectivity index (χ4v) is 2.52. The van der Waals surface area contributed by atoms with Crippen molar-refractivity contribution in [2.75, 3.05) is 32.8 Å². The summed E-state index contributed by atoms with van der Waals surface area (Å²) in [5.74, 6) is 0.835. The molecule has 2 rings (SSSR count). The lowest BCUT2D eigenvalue weighted by Gasteiger charge is -2.35. The van der Waals surface area contributed by atoms with Crippen LogP contribution < -0.4 is 4.74 Å². The lowest BCUT2D eigenvalue weighted by molar-refractivity contribution is -0.141. The molecular formula is C18H26N2O3. The maximum atomic E-state index is 12.2. The van der Waals surface area contributed by atoms with E-state index >= 15 is 0 Å². The van der Waals surface area contributed by atoms with E-state index < -0.39 is 0 Å². The van der Waals surface area contributed by atoms with E-state index in [0.717, 1.165) is 0 Å². The van der Waals surface area contributed by atoms with Crippen molar-refractivity contribution in [1.82, 2.24) is 9.80 Å². The Morgan fingerprint density at radius 2 is 1.48 bits per heavy atom. The quantitative estimate of drug-likeness (QED) is 0.855. The molecule has 0 saturated carbocycles. The van der Waals surface area contributed by atoms with Crippen molar-refractivity contribution in [2.24, 2.45) is 5.41 Å². The fourth-order valence-electron chi connectivity index (χ4n) is 2.52. The Morgan fingerprint density at radius 1 is 0.957 bits per heavy atom. The van der Waals surface area contributed by atoms with Crippen LogP contribution >= 0.6 is 0 Å². The minimum absolute atomic E-state index is 0.00639. The molecule has 126 valence electrons. The first-order valence-electron chi connectivity index (χ1n) is 8.08. The van der Waals surface area contributed by atoms with Crippen LogP contribution in [0, 0.1) is 5.41 Å². The van der Waals surface area contributed by atoms with Crippen LogP contribution in [0.1, 0.15) is 27.2 Å². The molecule has 1 heterocycles. The number of piperazine rings is 1. The molecule has 0 aliphatic carbocycles. The van der Waals surface area contributed by atoms with Crippen molar-refractivity contribution in [2.45, 2.75) is 27.2 Å². The third kappa shape index (κ3) is 5.58. The standard InChI is InChI=1S/C18H26N2O3/c1-18(2,3)13-16(21)19-9-11-20(12-10-19)17(22)14-23-15-7-5-4-6-8-15/h4-8H,9-14H2,1-3H3. The van der Waals surface area contributed by atoms with Gasteiger partial charge in [-0.2, -0.15) is 0 Å². The summed E-state index contributed by atoms with van der Waals surface area (Å²) in [6, 6.07) is 9.31. The van der Waals surface area contributed by atoms with Crippen molar-refractivity contribution in [3.63, 3.8) is 0 Å². The first-order chi connectivity index (χ1) is 10.8. The van der Waals surface area contributed by atoms with Crippen LogP contribution in [0.2, 0.25) is 0 Å². The number of carbonyl (C=O) groups is 2. The molecule has 23 heavy (non-hydrogen) atoms. The highest BCUT2D eigenvalue weighted by Crippen LogP contribution is 2.20. The highest BCUT2D eigenvalue weighted by Gasteiger charge is 2.26. The van der Waals surface area contributed by atoms with Gasteiger partial charge in [0.15, 0.2) is 6.61 Å². The van der Waals surface area contributed by atoms with E-state index in [2.05, 4.69) is 20.8 Å². The monoisotopic (exact) mass is 318 g/mol. The van der Waals surface area contributed by atoms with Crippen LogP contribution in [0.15, 0.2) is 30.3 Å². The van der Waals surface area contributed by atoms with Gasteiger partial charge in [-0.05, 0) is 17.5 Å². The van der Waals surface area contributed by atoms with Gasteiger partial charge in [-0.1, -0.05) is 39.0 Å². The van der Waals surface area contributed by atoms with E-state index in [1.165, 1.54) is 0 Å². The number of nitrogens with zero attached hydrogens (tertiary/aromatic N) is 2. The number of amides is 2. The fraction of sp³-hybridized carbons (Fsp3) is 0.556. The number of rotatable bonds is 4. The Kier molecular flexibility index (Phi) is 5.64. The Balaban J connectivity index is 1.75. The second-order valence-corrected chi connectivity index (χ2v) is 7.10. The van der Waals surface area contributed by atoms with Crippen LogP contribution in [0.3, 0.4) is 0 Å². The third-order valence-corrected chi connectivity index (χ3v) is 3.77. The second kappa shape index (κ2) is 7.49. The normalized spacial score (nSPS) is 15.4. The smallest absolute Gasteiger partial charge is 0.260 e. The molecule has 0 N–H and O–H groups in total. The lowest BCUT2D eigenvalue weighted by Crippen LogP contribution is -2.52. The maximum absolute atomic E-state index is 12.2. The van der Waals surface area contributed by atoms with Crippen molar-refractivity contribution < 1.29 is 14.3 Å². The van der Waals surface area contributed by atoms with Crippen LogP contribution in [0.25, 0.3) is 0 Å². The Labute approximate surface area is 138 Å². The summed E-state index contributed by atoms with van der Waals surface area (Å²) in [4.78, 5) is 28.0. The Morgan fingerprint density at radius 3 is 2.00 bits per heavy atom. The van der Waals surface area contributed by atoms with E-state index in [-0.39, 0.29) is 23.8 Å². The lowest BCUT2D eigenvalue weighted by atomic mass is 9.91. The van der Waals surface area contributed by atoms with Crippen LogP contribution in [0.4, 0.5) is 0 Å². The molecule has 0 aromatic heterocycles. The van der Waals surface area contributed by atoms with Crippen LogP contribution in [0.5, 0.6) is 5.75 Å². The largest absolute Gasteiger partial charge is 0.484 e. The van der Waals surface area contributed by atoms with Crippen molar-refractivity contribution >= 4 is 11.8 Å². The topological polar surface area (TPSA) is 49.9 Å². The average Bonchev–Trinajstić information content (AvgIpc) is 2.52. The van der Waals surface area contributed by atoms with Gasteiger partial charge in [0.25, 0.3) is 5.91 Å². The van der Waals surface area contributed by atoms with Gasteiger partial charge in [-0.3, -0.25) is 9.59 Å². The minimum Gasteiger partial charge on any atom is -0.484 e. The molecule has 5 nitrogen and oxygen atoms in total. The van der Waals surface area contributed by atoms with Gasteiger partial charge in [0, 0.05) is 32.6 Å². The molecule has 0 radical (unpaired) electrons. The maximum Gasteiger partial charge on any atom is 0.260 e. The number of hydrogen-bond donors (Lipinski definition) is 0. The SMILES string of the molecule is CC(C)(C)CC(=O)N1CCN(C(=O)COc2ccccc2)CC1. The summed E-state index contributed by atoms with van der Waals surface area (Å²) in [5, 5.41) is 0.